The number of morpholine rings is 1. The third-order valence-corrected chi connectivity index (χ3v) is 5.09. The molecule has 2 aromatic rings. The molecule has 1 atom stereocenters. The number of benzene rings is 1. The highest BCUT2D eigenvalue weighted by molar-refractivity contribution is 5.93. The molecule has 1 aromatic heterocycles. The van der Waals surface area contributed by atoms with E-state index in [1.807, 2.05) is 37.4 Å². The molecule has 1 saturated heterocycles. The van der Waals surface area contributed by atoms with Crippen molar-refractivity contribution in [3.63, 3.8) is 0 Å². The van der Waals surface area contributed by atoms with Crippen molar-refractivity contribution in [3.05, 3.63) is 47.3 Å². The summed E-state index contributed by atoms with van der Waals surface area (Å²) in [5.41, 5.74) is 4.18. The fraction of sp³-hybridized carbons (Fsp3) is 0.450. The topological polar surface area (TPSA) is 67.4 Å². The first-order valence-electron chi connectivity index (χ1n) is 9.24. The van der Waals surface area contributed by atoms with Crippen LogP contribution in [0.25, 0.3) is 0 Å². The van der Waals surface area contributed by atoms with Gasteiger partial charge in [0, 0.05) is 36.6 Å². The van der Waals surface area contributed by atoms with Crippen molar-refractivity contribution in [2.75, 3.05) is 36.5 Å². The van der Waals surface area contributed by atoms with Gasteiger partial charge in [-0.1, -0.05) is 12.1 Å². The molecule has 1 amide bonds. The Morgan fingerprint density at radius 2 is 2.15 bits per heavy atom. The van der Waals surface area contributed by atoms with Gasteiger partial charge in [0.1, 0.15) is 0 Å². The second-order valence-corrected chi connectivity index (χ2v) is 7.04. The van der Waals surface area contributed by atoms with E-state index in [2.05, 4.69) is 15.2 Å². The first-order valence-corrected chi connectivity index (χ1v) is 9.24. The van der Waals surface area contributed by atoms with E-state index < -0.39 is 0 Å². The number of fused-ring (bicyclic) bond motifs is 1. The summed E-state index contributed by atoms with van der Waals surface area (Å²) < 4.78 is 5.39. The molecule has 0 bridgehead atoms. The molecule has 2 aliphatic rings. The lowest BCUT2D eigenvalue weighted by molar-refractivity contribution is -0.120. The molecule has 0 radical (unpaired) electrons. The van der Waals surface area contributed by atoms with Crippen molar-refractivity contribution < 1.29 is 9.53 Å². The molecule has 0 unspecified atom stereocenters. The van der Waals surface area contributed by atoms with Crippen molar-refractivity contribution in [3.8, 4) is 0 Å². The predicted octanol–water partition coefficient (Wildman–Crippen LogP) is 2.37. The lowest BCUT2D eigenvalue weighted by atomic mass is 9.86. The zero-order valence-electron chi connectivity index (χ0n) is 15.1. The van der Waals surface area contributed by atoms with Crippen LogP contribution < -0.4 is 10.2 Å². The fourth-order valence-electron chi connectivity index (χ4n) is 3.60. The smallest absolute Gasteiger partial charge is 0.227 e. The lowest BCUT2D eigenvalue weighted by Crippen LogP contribution is -2.38. The van der Waals surface area contributed by atoms with Gasteiger partial charge < -0.3 is 15.0 Å². The van der Waals surface area contributed by atoms with Crippen LogP contribution in [0.2, 0.25) is 0 Å². The molecule has 1 fully saturated rings. The molecule has 26 heavy (non-hydrogen) atoms. The molecule has 6 heteroatoms. The summed E-state index contributed by atoms with van der Waals surface area (Å²) in [5.74, 6) is 0.842. The third-order valence-electron chi connectivity index (χ3n) is 5.09. The Bertz CT molecular complexity index is 802. The highest BCUT2D eigenvalue weighted by Gasteiger charge is 2.27. The van der Waals surface area contributed by atoms with Crippen LogP contribution in [0.3, 0.4) is 0 Å². The lowest BCUT2D eigenvalue weighted by Gasteiger charge is -2.28. The molecule has 1 aliphatic heterocycles. The SMILES string of the molecule is Cc1cccc(NC(=O)[C@@H]2CCc3nc(N4CCOCC4)ncc3C2)c1. The monoisotopic (exact) mass is 352 g/mol. The van der Waals surface area contributed by atoms with Crippen LogP contribution in [-0.4, -0.2) is 42.2 Å². The highest BCUT2D eigenvalue weighted by atomic mass is 16.5. The van der Waals surface area contributed by atoms with Gasteiger partial charge in [-0.15, -0.1) is 0 Å². The van der Waals surface area contributed by atoms with Crippen LogP contribution in [0, 0.1) is 12.8 Å². The number of anilines is 2. The third kappa shape index (κ3) is 3.70. The van der Waals surface area contributed by atoms with E-state index in [-0.39, 0.29) is 11.8 Å². The normalized spacial score (nSPS) is 19.7. The Balaban J connectivity index is 1.43. The van der Waals surface area contributed by atoms with E-state index in [1.54, 1.807) is 0 Å². The molecule has 6 nitrogen and oxygen atoms in total. The Morgan fingerprint density at radius 3 is 2.96 bits per heavy atom. The second kappa shape index (κ2) is 7.41. The number of hydrogen-bond donors (Lipinski definition) is 1. The molecular weight excluding hydrogens is 328 g/mol. The average Bonchev–Trinajstić information content (AvgIpc) is 2.68. The summed E-state index contributed by atoms with van der Waals surface area (Å²) in [7, 11) is 0. The van der Waals surface area contributed by atoms with E-state index in [0.717, 1.165) is 67.6 Å². The van der Waals surface area contributed by atoms with E-state index in [4.69, 9.17) is 9.72 Å². The minimum atomic E-state index is -0.0270. The number of amides is 1. The standard InChI is InChI=1S/C20H24N4O2/c1-14-3-2-4-17(11-14)22-19(25)15-5-6-18-16(12-15)13-21-20(23-18)24-7-9-26-10-8-24/h2-4,11,13,15H,5-10,12H2,1H3,(H,22,25)/t15-/m1/s1. The predicted molar refractivity (Wildman–Crippen MR) is 100 cm³/mol. The van der Waals surface area contributed by atoms with Crippen LogP contribution in [0.1, 0.15) is 23.2 Å². The van der Waals surface area contributed by atoms with Crippen molar-refractivity contribution in [1.29, 1.82) is 0 Å². The molecule has 2 heterocycles. The number of aryl methyl sites for hydroxylation is 2. The number of ether oxygens (including phenoxy) is 1. The van der Waals surface area contributed by atoms with Crippen LogP contribution in [0.15, 0.2) is 30.5 Å². The second-order valence-electron chi connectivity index (χ2n) is 7.04. The highest BCUT2D eigenvalue weighted by Crippen LogP contribution is 2.26. The van der Waals surface area contributed by atoms with Crippen LogP contribution >= 0.6 is 0 Å². The maximum absolute atomic E-state index is 12.6. The van der Waals surface area contributed by atoms with E-state index >= 15 is 0 Å². The Labute approximate surface area is 153 Å². The largest absolute Gasteiger partial charge is 0.378 e. The molecule has 1 aromatic carbocycles. The minimum Gasteiger partial charge on any atom is -0.378 e. The number of carbonyl (C=O) groups excluding carboxylic acids is 1. The van der Waals surface area contributed by atoms with Gasteiger partial charge in [-0.2, -0.15) is 0 Å². The van der Waals surface area contributed by atoms with Crippen LogP contribution in [0.5, 0.6) is 0 Å². The van der Waals surface area contributed by atoms with Gasteiger partial charge in [0.25, 0.3) is 0 Å². The molecule has 1 N–H and O–H groups in total. The summed E-state index contributed by atoms with van der Waals surface area (Å²) in [6.07, 6.45) is 4.25. The van der Waals surface area contributed by atoms with Crippen LogP contribution in [0.4, 0.5) is 11.6 Å². The van der Waals surface area contributed by atoms with Gasteiger partial charge in [-0.05, 0) is 49.4 Å². The number of aromatic nitrogens is 2. The summed E-state index contributed by atoms with van der Waals surface area (Å²) in [6.45, 7) is 5.14. The van der Waals surface area contributed by atoms with Gasteiger partial charge in [0.05, 0.1) is 13.2 Å². The average molecular weight is 352 g/mol. The van der Waals surface area contributed by atoms with E-state index in [0.29, 0.717) is 6.42 Å². The maximum atomic E-state index is 12.6. The Morgan fingerprint density at radius 1 is 1.31 bits per heavy atom. The summed E-state index contributed by atoms with van der Waals surface area (Å²) in [5, 5.41) is 3.04. The zero-order valence-corrected chi connectivity index (χ0v) is 15.1. The fourth-order valence-corrected chi connectivity index (χ4v) is 3.60. The van der Waals surface area contributed by atoms with Gasteiger partial charge in [0.2, 0.25) is 11.9 Å². The van der Waals surface area contributed by atoms with E-state index in [1.165, 1.54) is 0 Å². The number of hydrogen-bond acceptors (Lipinski definition) is 5. The van der Waals surface area contributed by atoms with Gasteiger partial charge in [-0.25, -0.2) is 9.97 Å². The Kier molecular flexibility index (Phi) is 4.84. The number of nitrogens with one attached hydrogen (secondary N) is 1. The van der Waals surface area contributed by atoms with Crippen LogP contribution in [-0.2, 0) is 22.4 Å². The molecular formula is C20H24N4O2. The molecule has 1 aliphatic carbocycles. The summed E-state index contributed by atoms with van der Waals surface area (Å²) in [6, 6.07) is 7.91. The Hall–Kier alpha value is -2.47. The first-order chi connectivity index (χ1) is 12.7. The van der Waals surface area contributed by atoms with Gasteiger partial charge in [0.15, 0.2) is 0 Å². The minimum absolute atomic E-state index is 0.0270. The van der Waals surface area contributed by atoms with Crippen molar-refractivity contribution in [1.82, 2.24) is 9.97 Å². The first kappa shape index (κ1) is 17.0. The number of nitrogens with zero attached hydrogens (tertiary/aromatic N) is 3. The van der Waals surface area contributed by atoms with Gasteiger partial charge >= 0.3 is 0 Å². The summed E-state index contributed by atoms with van der Waals surface area (Å²) in [4.78, 5) is 24.1. The maximum Gasteiger partial charge on any atom is 0.227 e. The number of carbonyl (C=O) groups is 1. The van der Waals surface area contributed by atoms with Crippen molar-refractivity contribution in [2.45, 2.75) is 26.2 Å². The molecule has 4 rings (SSSR count). The molecule has 0 spiro atoms. The van der Waals surface area contributed by atoms with E-state index in [9.17, 15) is 4.79 Å². The quantitative estimate of drug-likeness (QED) is 0.918. The summed E-state index contributed by atoms with van der Waals surface area (Å²) >= 11 is 0. The number of rotatable bonds is 3. The zero-order chi connectivity index (χ0) is 17.9. The molecule has 0 saturated carbocycles. The molecule has 136 valence electrons. The van der Waals surface area contributed by atoms with Gasteiger partial charge in [-0.3, -0.25) is 4.79 Å². The van der Waals surface area contributed by atoms with Crippen molar-refractivity contribution in [2.24, 2.45) is 5.92 Å². The van der Waals surface area contributed by atoms with Crippen molar-refractivity contribution >= 4 is 17.5 Å².